The standard InChI is InChI=1S/C17H17FN2O3/c1-23-15-5-3-2-4-14(15)17(22)20-11-16(21)19-10-12-6-8-13(18)9-7-12/h2-9H,10-11H2,1H3,(H,19,21)(H,20,22). The van der Waals surface area contributed by atoms with Crippen LogP contribution in [0.15, 0.2) is 48.5 Å². The van der Waals surface area contributed by atoms with E-state index in [1.807, 2.05) is 0 Å². The molecule has 0 fully saturated rings. The summed E-state index contributed by atoms with van der Waals surface area (Å²) >= 11 is 0. The molecule has 0 saturated carbocycles. The topological polar surface area (TPSA) is 67.4 Å². The van der Waals surface area contributed by atoms with E-state index in [1.54, 1.807) is 36.4 Å². The number of methoxy groups -OCH3 is 1. The van der Waals surface area contributed by atoms with Crippen molar-refractivity contribution in [3.8, 4) is 5.75 Å². The molecular formula is C17H17FN2O3. The van der Waals surface area contributed by atoms with E-state index in [4.69, 9.17) is 4.74 Å². The zero-order valence-electron chi connectivity index (χ0n) is 12.6. The zero-order valence-corrected chi connectivity index (χ0v) is 12.6. The molecule has 5 nitrogen and oxygen atoms in total. The van der Waals surface area contributed by atoms with Gasteiger partial charge in [0.2, 0.25) is 5.91 Å². The molecule has 23 heavy (non-hydrogen) atoms. The van der Waals surface area contributed by atoms with Crippen molar-refractivity contribution in [2.45, 2.75) is 6.54 Å². The minimum Gasteiger partial charge on any atom is -0.496 e. The molecule has 0 aromatic heterocycles. The summed E-state index contributed by atoms with van der Waals surface area (Å²) in [7, 11) is 1.47. The van der Waals surface area contributed by atoms with Crippen LogP contribution in [-0.2, 0) is 11.3 Å². The molecule has 0 radical (unpaired) electrons. The maximum atomic E-state index is 12.8. The second-order valence-corrected chi connectivity index (χ2v) is 4.79. The first-order chi connectivity index (χ1) is 11.1. The van der Waals surface area contributed by atoms with Crippen LogP contribution in [0.4, 0.5) is 4.39 Å². The second kappa shape index (κ2) is 7.93. The van der Waals surface area contributed by atoms with E-state index in [0.29, 0.717) is 11.3 Å². The molecule has 0 aliphatic rings. The Morgan fingerprint density at radius 2 is 1.74 bits per heavy atom. The van der Waals surface area contributed by atoms with Crippen LogP contribution in [0.1, 0.15) is 15.9 Å². The summed E-state index contributed by atoms with van der Waals surface area (Å²) in [5.74, 6) is -0.613. The lowest BCUT2D eigenvalue weighted by atomic mass is 10.2. The number of rotatable bonds is 6. The van der Waals surface area contributed by atoms with Crippen molar-refractivity contribution in [2.24, 2.45) is 0 Å². The number of amides is 2. The Kier molecular flexibility index (Phi) is 5.68. The fraction of sp³-hybridized carbons (Fsp3) is 0.176. The van der Waals surface area contributed by atoms with Crippen LogP contribution in [0.5, 0.6) is 5.75 Å². The summed E-state index contributed by atoms with van der Waals surface area (Å²) in [6.07, 6.45) is 0. The molecule has 2 aromatic carbocycles. The summed E-state index contributed by atoms with van der Waals surface area (Å²) in [6, 6.07) is 12.6. The van der Waals surface area contributed by atoms with Crippen LogP contribution >= 0.6 is 0 Å². The number of benzene rings is 2. The van der Waals surface area contributed by atoms with Gasteiger partial charge in [-0.15, -0.1) is 0 Å². The molecule has 2 aromatic rings. The van der Waals surface area contributed by atoms with E-state index >= 15 is 0 Å². The van der Waals surface area contributed by atoms with Crippen molar-refractivity contribution in [3.05, 3.63) is 65.5 Å². The Labute approximate surface area is 133 Å². The van der Waals surface area contributed by atoms with Crippen LogP contribution in [-0.4, -0.2) is 25.5 Å². The molecule has 0 spiro atoms. The predicted octanol–water partition coefficient (Wildman–Crippen LogP) is 1.88. The smallest absolute Gasteiger partial charge is 0.255 e. The Balaban J connectivity index is 1.82. The van der Waals surface area contributed by atoms with Gasteiger partial charge < -0.3 is 15.4 Å². The van der Waals surface area contributed by atoms with Gasteiger partial charge in [0.15, 0.2) is 0 Å². The molecule has 0 heterocycles. The van der Waals surface area contributed by atoms with Gasteiger partial charge in [-0.25, -0.2) is 4.39 Å². The van der Waals surface area contributed by atoms with E-state index in [9.17, 15) is 14.0 Å². The average molecular weight is 316 g/mol. The van der Waals surface area contributed by atoms with Crippen LogP contribution in [0.3, 0.4) is 0 Å². The third kappa shape index (κ3) is 4.81. The number of ether oxygens (including phenoxy) is 1. The van der Waals surface area contributed by atoms with Gasteiger partial charge in [0, 0.05) is 6.54 Å². The molecule has 120 valence electrons. The molecule has 0 saturated heterocycles. The average Bonchev–Trinajstić information content (AvgIpc) is 2.59. The zero-order chi connectivity index (χ0) is 16.7. The molecule has 0 atom stereocenters. The third-order valence-corrected chi connectivity index (χ3v) is 3.16. The third-order valence-electron chi connectivity index (χ3n) is 3.16. The first kappa shape index (κ1) is 16.5. The highest BCUT2D eigenvalue weighted by Gasteiger charge is 2.12. The number of carbonyl (C=O) groups excluding carboxylic acids is 2. The Morgan fingerprint density at radius 3 is 2.43 bits per heavy atom. The summed E-state index contributed by atoms with van der Waals surface area (Å²) in [5, 5.41) is 5.17. The number of halogens is 1. The van der Waals surface area contributed by atoms with Gasteiger partial charge in [-0.2, -0.15) is 0 Å². The molecule has 0 bridgehead atoms. The minimum absolute atomic E-state index is 0.155. The highest BCUT2D eigenvalue weighted by molar-refractivity contribution is 5.98. The molecule has 0 aliphatic carbocycles. The quantitative estimate of drug-likeness (QED) is 0.855. The Morgan fingerprint density at radius 1 is 1.04 bits per heavy atom. The minimum atomic E-state index is -0.389. The van der Waals surface area contributed by atoms with Crippen molar-refractivity contribution in [2.75, 3.05) is 13.7 Å². The first-order valence-corrected chi connectivity index (χ1v) is 7.02. The highest BCUT2D eigenvalue weighted by atomic mass is 19.1. The number of hydrogen-bond donors (Lipinski definition) is 2. The number of para-hydroxylation sites is 1. The van der Waals surface area contributed by atoms with Crippen molar-refractivity contribution in [1.29, 1.82) is 0 Å². The summed E-state index contributed by atoms with van der Waals surface area (Å²) in [4.78, 5) is 23.8. The summed E-state index contributed by atoms with van der Waals surface area (Å²) in [6.45, 7) is 0.113. The van der Waals surface area contributed by atoms with E-state index < -0.39 is 0 Å². The van der Waals surface area contributed by atoms with Gasteiger partial charge in [0.25, 0.3) is 5.91 Å². The van der Waals surface area contributed by atoms with Crippen LogP contribution in [0.2, 0.25) is 0 Å². The largest absolute Gasteiger partial charge is 0.496 e. The van der Waals surface area contributed by atoms with Crippen molar-refractivity contribution < 1.29 is 18.7 Å². The van der Waals surface area contributed by atoms with Gasteiger partial charge in [0.05, 0.1) is 19.2 Å². The molecule has 0 aliphatic heterocycles. The van der Waals surface area contributed by atoms with Gasteiger partial charge >= 0.3 is 0 Å². The lowest BCUT2D eigenvalue weighted by Crippen LogP contribution is -2.36. The number of carbonyl (C=O) groups is 2. The van der Waals surface area contributed by atoms with Crippen molar-refractivity contribution >= 4 is 11.8 Å². The van der Waals surface area contributed by atoms with E-state index in [2.05, 4.69) is 10.6 Å². The van der Waals surface area contributed by atoms with E-state index in [-0.39, 0.29) is 30.7 Å². The first-order valence-electron chi connectivity index (χ1n) is 7.02. The predicted molar refractivity (Wildman–Crippen MR) is 83.6 cm³/mol. The molecule has 0 unspecified atom stereocenters. The summed E-state index contributed by atoms with van der Waals surface area (Å²) < 4.78 is 17.9. The Hall–Kier alpha value is -2.89. The molecular weight excluding hydrogens is 299 g/mol. The number of nitrogens with one attached hydrogen (secondary N) is 2. The normalized spacial score (nSPS) is 10.0. The fourth-order valence-electron chi connectivity index (χ4n) is 1.95. The van der Waals surface area contributed by atoms with Gasteiger partial charge in [-0.1, -0.05) is 24.3 Å². The second-order valence-electron chi connectivity index (χ2n) is 4.79. The molecule has 2 rings (SSSR count). The lowest BCUT2D eigenvalue weighted by Gasteiger charge is -2.09. The van der Waals surface area contributed by atoms with Gasteiger partial charge in [-0.05, 0) is 29.8 Å². The van der Waals surface area contributed by atoms with Gasteiger partial charge in [-0.3, -0.25) is 9.59 Å². The van der Waals surface area contributed by atoms with E-state index in [0.717, 1.165) is 5.56 Å². The number of hydrogen-bond acceptors (Lipinski definition) is 3. The lowest BCUT2D eigenvalue weighted by molar-refractivity contribution is -0.120. The van der Waals surface area contributed by atoms with E-state index in [1.165, 1.54) is 19.2 Å². The Bertz CT molecular complexity index is 686. The summed E-state index contributed by atoms with van der Waals surface area (Å²) in [5.41, 5.74) is 1.14. The molecule has 2 N–H and O–H groups in total. The molecule has 6 heteroatoms. The van der Waals surface area contributed by atoms with Gasteiger partial charge in [0.1, 0.15) is 11.6 Å². The van der Waals surface area contributed by atoms with Crippen LogP contribution in [0, 0.1) is 5.82 Å². The maximum absolute atomic E-state index is 12.8. The highest BCUT2D eigenvalue weighted by Crippen LogP contribution is 2.16. The SMILES string of the molecule is COc1ccccc1C(=O)NCC(=O)NCc1ccc(F)cc1. The van der Waals surface area contributed by atoms with Crippen molar-refractivity contribution in [1.82, 2.24) is 10.6 Å². The monoisotopic (exact) mass is 316 g/mol. The van der Waals surface area contributed by atoms with Crippen molar-refractivity contribution in [3.63, 3.8) is 0 Å². The molecule has 2 amide bonds. The maximum Gasteiger partial charge on any atom is 0.255 e. The fourth-order valence-corrected chi connectivity index (χ4v) is 1.95. The van der Waals surface area contributed by atoms with Crippen LogP contribution in [0.25, 0.3) is 0 Å². The van der Waals surface area contributed by atoms with Crippen LogP contribution < -0.4 is 15.4 Å².